The van der Waals surface area contributed by atoms with Crippen molar-refractivity contribution in [2.45, 2.75) is 12.8 Å². The monoisotopic (exact) mass is 497 g/mol. The summed E-state index contributed by atoms with van der Waals surface area (Å²) < 4.78 is 59.3. The lowest BCUT2D eigenvalue weighted by Gasteiger charge is -2.18. The van der Waals surface area contributed by atoms with Crippen molar-refractivity contribution in [1.82, 2.24) is 14.9 Å². The molecule has 180 valence electrons. The number of nitrogens with zero attached hydrogens (tertiary/aromatic N) is 3. The Morgan fingerprint density at radius 1 is 1.18 bits per heavy atom. The largest absolute Gasteiger partial charge is 0.451 e. The van der Waals surface area contributed by atoms with Crippen molar-refractivity contribution in [3.8, 4) is 5.75 Å². The second kappa shape index (κ2) is 11.1. The number of carbonyl (C=O) groups is 1. The standard InChI is InChI=1S/C22H20ClF4N5O2/c1-32(2)10-4-7-16(33)30-15-9-8-13-17(19(15)34-21(27)20(25)26)22(29-11-28-13)31-14-6-3-5-12(23)18(14)24/h3-9,11,20-21H,10H2,1-2H3,(H,30,33)(H,28,29,31)/b7-4+. The number of rotatable bonds is 9. The van der Waals surface area contributed by atoms with E-state index in [2.05, 4.69) is 20.6 Å². The van der Waals surface area contributed by atoms with E-state index < -0.39 is 30.3 Å². The molecule has 0 bridgehead atoms. The molecule has 2 N–H and O–H groups in total. The van der Waals surface area contributed by atoms with E-state index >= 15 is 0 Å². The van der Waals surface area contributed by atoms with Crippen LogP contribution in [0.15, 0.2) is 48.8 Å². The van der Waals surface area contributed by atoms with Gasteiger partial charge in [-0.2, -0.15) is 4.39 Å². The summed E-state index contributed by atoms with van der Waals surface area (Å²) in [7, 11) is 3.61. The number of alkyl halides is 3. The number of halogens is 5. The van der Waals surface area contributed by atoms with Gasteiger partial charge < -0.3 is 20.3 Å². The van der Waals surface area contributed by atoms with Crippen molar-refractivity contribution in [1.29, 1.82) is 0 Å². The zero-order valence-electron chi connectivity index (χ0n) is 18.0. The predicted octanol–water partition coefficient (Wildman–Crippen LogP) is 5.16. The Balaban J connectivity index is 2.09. The van der Waals surface area contributed by atoms with Gasteiger partial charge >= 0.3 is 6.43 Å². The van der Waals surface area contributed by atoms with E-state index in [9.17, 15) is 22.4 Å². The Morgan fingerprint density at radius 2 is 1.94 bits per heavy atom. The van der Waals surface area contributed by atoms with Crippen molar-refractivity contribution in [2.24, 2.45) is 0 Å². The zero-order chi connectivity index (χ0) is 24.8. The van der Waals surface area contributed by atoms with Gasteiger partial charge in [0.2, 0.25) is 5.91 Å². The predicted molar refractivity (Wildman–Crippen MR) is 122 cm³/mol. The number of hydrogen-bond donors (Lipinski definition) is 2. The van der Waals surface area contributed by atoms with Crippen LogP contribution in [0.1, 0.15) is 0 Å². The molecule has 0 spiro atoms. The Morgan fingerprint density at radius 3 is 2.65 bits per heavy atom. The lowest BCUT2D eigenvalue weighted by molar-refractivity contribution is -0.112. The number of fused-ring (bicyclic) bond motifs is 1. The molecule has 1 aromatic heterocycles. The quantitative estimate of drug-likeness (QED) is 0.314. The maximum atomic E-state index is 14.4. The minimum atomic E-state index is -3.47. The van der Waals surface area contributed by atoms with Gasteiger partial charge in [-0.15, -0.1) is 0 Å². The minimum Gasteiger partial charge on any atom is -0.451 e. The molecule has 1 heterocycles. The second-order valence-corrected chi connectivity index (χ2v) is 7.65. The molecule has 12 heteroatoms. The molecule has 7 nitrogen and oxygen atoms in total. The highest BCUT2D eigenvalue weighted by atomic mass is 35.5. The maximum Gasteiger partial charge on any atom is 0.304 e. The molecule has 1 unspecified atom stereocenters. The van der Waals surface area contributed by atoms with Crippen LogP contribution in [-0.2, 0) is 4.79 Å². The highest BCUT2D eigenvalue weighted by molar-refractivity contribution is 6.31. The lowest BCUT2D eigenvalue weighted by Crippen LogP contribution is -2.21. The molecule has 0 aliphatic heterocycles. The average Bonchev–Trinajstić information content (AvgIpc) is 2.78. The van der Waals surface area contributed by atoms with Gasteiger partial charge in [0, 0.05) is 12.6 Å². The number of likely N-dealkylation sites (N-methyl/N-ethyl adjacent to an activating group) is 1. The van der Waals surface area contributed by atoms with Gasteiger partial charge in [0.25, 0.3) is 6.36 Å². The maximum absolute atomic E-state index is 14.4. The summed E-state index contributed by atoms with van der Waals surface area (Å²) in [5, 5.41) is 4.94. The Kier molecular flexibility index (Phi) is 8.24. The summed E-state index contributed by atoms with van der Waals surface area (Å²) >= 11 is 5.81. The fourth-order valence-corrected chi connectivity index (χ4v) is 3.05. The van der Waals surface area contributed by atoms with Gasteiger partial charge in [0.15, 0.2) is 11.6 Å². The fraction of sp³-hybridized carbons (Fsp3) is 0.227. The molecule has 0 radical (unpaired) electrons. The molecule has 0 fully saturated rings. The molecule has 0 saturated heterocycles. The summed E-state index contributed by atoms with van der Waals surface area (Å²) in [5.41, 5.74) is -0.0255. The first-order chi connectivity index (χ1) is 16.2. The number of carbonyl (C=O) groups excluding carboxylic acids is 1. The van der Waals surface area contributed by atoms with Crippen LogP contribution in [-0.4, -0.2) is 54.2 Å². The Hall–Kier alpha value is -3.44. The summed E-state index contributed by atoms with van der Waals surface area (Å²) in [6.07, 6.45) is -2.53. The third-order valence-electron chi connectivity index (χ3n) is 4.39. The highest BCUT2D eigenvalue weighted by Gasteiger charge is 2.26. The second-order valence-electron chi connectivity index (χ2n) is 7.24. The van der Waals surface area contributed by atoms with E-state index in [1.165, 1.54) is 36.4 Å². The summed E-state index contributed by atoms with van der Waals surface area (Å²) in [5.74, 6) is -1.93. The Labute approximate surface area is 197 Å². The molecule has 0 aliphatic rings. The summed E-state index contributed by atoms with van der Waals surface area (Å²) in [6.45, 7) is 0.472. The molecule has 2 aromatic carbocycles. The number of nitrogens with one attached hydrogen (secondary N) is 2. The number of anilines is 3. The normalized spacial score (nSPS) is 12.5. The number of amides is 1. The molecule has 0 saturated carbocycles. The van der Waals surface area contributed by atoms with Crippen LogP contribution in [0.4, 0.5) is 34.8 Å². The Bertz CT molecular complexity index is 1210. The topological polar surface area (TPSA) is 79.4 Å². The minimum absolute atomic E-state index is 0.0553. The SMILES string of the molecule is CN(C)C/C=C/C(=O)Nc1ccc2ncnc(Nc3cccc(Cl)c3F)c2c1OC(F)C(F)F. The molecular weight excluding hydrogens is 478 g/mol. The molecule has 0 aliphatic carbocycles. The van der Waals surface area contributed by atoms with Crippen molar-refractivity contribution in [3.63, 3.8) is 0 Å². The van der Waals surface area contributed by atoms with E-state index in [4.69, 9.17) is 16.3 Å². The molecule has 34 heavy (non-hydrogen) atoms. The van der Waals surface area contributed by atoms with Crippen LogP contribution in [0, 0.1) is 5.82 Å². The third-order valence-corrected chi connectivity index (χ3v) is 4.68. The van der Waals surface area contributed by atoms with Gasteiger partial charge in [-0.1, -0.05) is 23.7 Å². The molecule has 1 amide bonds. The van der Waals surface area contributed by atoms with Crippen LogP contribution >= 0.6 is 11.6 Å². The zero-order valence-corrected chi connectivity index (χ0v) is 18.8. The van der Waals surface area contributed by atoms with Gasteiger partial charge in [0.1, 0.15) is 12.1 Å². The number of aromatic nitrogens is 2. The van der Waals surface area contributed by atoms with Crippen LogP contribution in [0.5, 0.6) is 5.75 Å². The van der Waals surface area contributed by atoms with Crippen molar-refractivity contribution in [3.05, 3.63) is 59.7 Å². The van der Waals surface area contributed by atoms with Crippen molar-refractivity contribution in [2.75, 3.05) is 31.3 Å². The molecular formula is C22H20ClF4N5O2. The lowest BCUT2D eigenvalue weighted by atomic mass is 10.1. The van der Waals surface area contributed by atoms with Crippen LogP contribution < -0.4 is 15.4 Å². The van der Waals surface area contributed by atoms with Gasteiger partial charge in [-0.3, -0.25) is 4.79 Å². The first-order valence-electron chi connectivity index (χ1n) is 9.87. The number of ether oxygens (including phenoxy) is 1. The number of benzene rings is 2. The van der Waals surface area contributed by atoms with E-state index in [0.717, 1.165) is 6.33 Å². The average molecular weight is 498 g/mol. The van der Waals surface area contributed by atoms with Gasteiger partial charge in [0.05, 0.1) is 27.3 Å². The number of hydrogen-bond acceptors (Lipinski definition) is 6. The van der Waals surface area contributed by atoms with Crippen LogP contribution in [0.2, 0.25) is 5.02 Å². The highest BCUT2D eigenvalue weighted by Crippen LogP contribution is 2.39. The van der Waals surface area contributed by atoms with Crippen LogP contribution in [0.25, 0.3) is 10.9 Å². The van der Waals surface area contributed by atoms with E-state index in [-0.39, 0.29) is 33.1 Å². The molecule has 3 aromatic rings. The van der Waals surface area contributed by atoms with Gasteiger partial charge in [-0.25, -0.2) is 23.1 Å². The molecule has 1 atom stereocenters. The van der Waals surface area contributed by atoms with E-state index in [1.54, 1.807) is 20.2 Å². The fourth-order valence-electron chi connectivity index (χ4n) is 2.87. The summed E-state index contributed by atoms with van der Waals surface area (Å²) in [4.78, 5) is 22.2. The van der Waals surface area contributed by atoms with Gasteiger partial charge in [-0.05, 0) is 38.4 Å². The van der Waals surface area contributed by atoms with Crippen molar-refractivity contribution < 1.29 is 27.1 Å². The van der Waals surface area contributed by atoms with E-state index in [1.807, 2.05) is 4.90 Å². The van der Waals surface area contributed by atoms with Crippen molar-refractivity contribution >= 4 is 45.6 Å². The summed E-state index contributed by atoms with van der Waals surface area (Å²) in [6, 6.07) is 6.95. The smallest absolute Gasteiger partial charge is 0.304 e. The third kappa shape index (κ3) is 6.12. The van der Waals surface area contributed by atoms with E-state index in [0.29, 0.717) is 6.54 Å². The first kappa shape index (κ1) is 25.2. The first-order valence-corrected chi connectivity index (χ1v) is 10.2. The van der Waals surface area contributed by atoms with Crippen LogP contribution in [0.3, 0.4) is 0 Å². The molecule has 3 rings (SSSR count).